The lowest BCUT2D eigenvalue weighted by atomic mass is 10.0. The zero-order valence-electron chi connectivity index (χ0n) is 27.2. The van der Waals surface area contributed by atoms with Crippen molar-refractivity contribution in [3.05, 3.63) is 0 Å². The van der Waals surface area contributed by atoms with E-state index in [1.807, 2.05) is 0 Å². The smallest absolute Gasteiger partial charge is 0.306 e. The average Bonchev–Trinajstić information content (AvgIpc) is 2.93. The van der Waals surface area contributed by atoms with Gasteiger partial charge in [0.1, 0.15) is 6.10 Å². The first-order valence-electron chi connectivity index (χ1n) is 18.0. The number of hydrogen-bond donors (Lipinski definition) is 1. The molecule has 0 aromatic heterocycles. The van der Waals surface area contributed by atoms with Crippen LogP contribution in [-0.2, 0) is 14.3 Å². The summed E-state index contributed by atoms with van der Waals surface area (Å²) in [6.07, 6.45) is 37.5. The maximum atomic E-state index is 12.4. The number of hydrogen-bond acceptors (Lipinski definition) is 3. The van der Waals surface area contributed by atoms with Crippen molar-refractivity contribution in [2.75, 3.05) is 0 Å². The van der Waals surface area contributed by atoms with E-state index in [0.717, 1.165) is 57.8 Å². The molecular formula is C36H70O4. The maximum Gasteiger partial charge on any atom is 0.306 e. The average molecular weight is 567 g/mol. The Morgan fingerprint density at radius 1 is 0.450 bits per heavy atom. The molecule has 0 bridgehead atoms. The molecule has 0 amide bonds. The molecule has 0 aromatic rings. The van der Waals surface area contributed by atoms with Crippen LogP contribution in [0.1, 0.15) is 213 Å². The number of carbonyl (C=O) groups is 2. The molecule has 0 radical (unpaired) electrons. The Morgan fingerprint density at radius 2 is 0.800 bits per heavy atom. The third-order valence-electron chi connectivity index (χ3n) is 8.31. The van der Waals surface area contributed by atoms with Crippen molar-refractivity contribution in [1.29, 1.82) is 0 Å². The van der Waals surface area contributed by atoms with E-state index in [2.05, 4.69) is 13.8 Å². The van der Waals surface area contributed by atoms with Crippen LogP contribution >= 0.6 is 0 Å². The van der Waals surface area contributed by atoms with Gasteiger partial charge >= 0.3 is 11.9 Å². The molecule has 0 aliphatic rings. The lowest BCUT2D eigenvalue weighted by Crippen LogP contribution is -2.18. The minimum Gasteiger partial charge on any atom is -0.481 e. The highest BCUT2D eigenvalue weighted by Gasteiger charge is 2.13. The summed E-state index contributed by atoms with van der Waals surface area (Å²) in [4.78, 5) is 22.9. The molecule has 0 rings (SSSR count). The molecule has 0 aliphatic heterocycles. The van der Waals surface area contributed by atoms with Gasteiger partial charge in [-0.05, 0) is 32.1 Å². The quantitative estimate of drug-likeness (QED) is 0.0633. The van der Waals surface area contributed by atoms with Crippen LogP contribution in [-0.4, -0.2) is 23.1 Å². The van der Waals surface area contributed by atoms with Gasteiger partial charge in [0.15, 0.2) is 0 Å². The number of carboxylic acids is 1. The van der Waals surface area contributed by atoms with Crippen molar-refractivity contribution >= 4 is 11.9 Å². The highest BCUT2D eigenvalue weighted by atomic mass is 16.5. The molecule has 4 nitrogen and oxygen atoms in total. The van der Waals surface area contributed by atoms with Crippen molar-refractivity contribution in [2.24, 2.45) is 0 Å². The number of unbranched alkanes of at least 4 members (excludes halogenated alkanes) is 24. The fraction of sp³-hybridized carbons (Fsp3) is 0.944. The standard InChI is InChI=1S/C36H70O4/c1-3-5-6-7-8-9-10-11-12-13-14-15-16-20-23-26-29-33-36(39)40-34(30-4-2)31-27-24-21-18-17-19-22-25-28-32-35(37)38/h34H,3-33H2,1-2H3,(H,37,38). The maximum absolute atomic E-state index is 12.4. The third kappa shape index (κ3) is 31.5. The van der Waals surface area contributed by atoms with Crippen LogP contribution in [0.15, 0.2) is 0 Å². The molecule has 4 heteroatoms. The van der Waals surface area contributed by atoms with Gasteiger partial charge in [-0.3, -0.25) is 9.59 Å². The fourth-order valence-electron chi connectivity index (χ4n) is 5.71. The first kappa shape index (κ1) is 38.9. The van der Waals surface area contributed by atoms with Gasteiger partial charge in [0, 0.05) is 12.8 Å². The lowest BCUT2D eigenvalue weighted by Gasteiger charge is -2.17. The normalized spacial score (nSPS) is 12.1. The molecule has 0 fully saturated rings. The van der Waals surface area contributed by atoms with Gasteiger partial charge in [-0.15, -0.1) is 0 Å². The molecule has 0 saturated carbocycles. The minimum absolute atomic E-state index is 0.0160. The summed E-state index contributed by atoms with van der Waals surface area (Å²) in [6.45, 7) is 4.46. The van der Waals surface area contributed by atoms with Crippen LogP contribution in [0.5, 0.6) is 0 Å². The van der Waals surface area contributed by atoms with Crippen molar-refractivity contribution in [3.8, 4) is 0 Å². The zero-order chi connectivity index (χ0) is 29.4. The SMILES string of the molecule is CCCCCCCCCCCCCCCCCCCC(=O)OC(CCC)CCCCCCCCCCCC(=O)O. The van der Waals surface area contributed by atoms with E-state index < -0.39 is 5.97 Å². The minimum atomic E-state index is -0.678. The van der Waals surface area contributed by atoms with Crippen LogP contribution in [0.25, 0.3) is 0 Å². The zero-order valence-corrected chi connectivity index (χ0v) is 27.2. The van der Waals surface area contributed by atoms with E-state index in [-0.39, 0.29) is 12.1 Å². The van der Waals surface area contributed by atoms with Crippen molar-refractivity contribution in [1.82, 2.24) is 0 Å². The van der Waals surface area contributed by atoms with Gasteiger partial charge < -0.3 is 9.84 Å². The second kappa shape index (κ2) is 32.5. The molecule has 0 heterocycles. The van der Waals surface area contributed by atoms with Gasteiger partial charge in [0.2, 0.25) is 0 Å². The third-order valence-corrected chi connectivity index (χ3v) is 8.31. The monoisotopic (exact) mass is 567 g/mol. The Hall–Kier alpha value is -1.06. The molecule has 1 unspecified atom stereocenters. The molecule has 1 N–H and O–H groups in total. The molecule has 0 aliphatic carbocycles. The predicted molar refractivity (Wildman–Crippen MR) is 172 cm³/mol. The van der Waals surface area contributed by atoms with Crippen molar-refractivity contribution in [3.63, 3.8) is 0 Å². The Morgan fingerprint density at radius 3 is 1.18 bits per heavy atom. The molecule has 0 saturated heterocycles. The number of carbonyl (C=O) groups excluding carboxylic acids is 1. The topological polar surface area (TPSA) is 63.6 Å². The summed E-state index contributed by atoms with van der Waals surface area (Å²) in [6, 6.07) is 0. The second-order valence-electron chi connectivity index (χ2n) is 12.4. The van der Waals surface area contributed by atoms with Crippen molar-refractivity contribution < 1.29 is 19.4 Å². The number of ether oxygens (including phenoxy) is 1. The lowest BCUT2D eigenvalue weighted by molar-refractivity contribution is -0.150. The van der Waals surface area contributed by atoms with Gasteiger partial charge in [0.25, 0.3) is 0 Å². The summed E-state index contributed by atoms with van der Waals surface area (Å²) in [5, 5.41) is 8.66. The predicted octanol–water partition coefficient (Wildman–Crippen LogP) is 12.1. The van der Waals surface area contributed by atoms with E-state index >= 15 is 0 Å². The summed E-state index contributed by atoms with van der Waals surface area (Å²) in [5.41, 5.74) is 0. The highest BCUT2D eigenvalue weighted by molar-refractivity contribution is 5.69. The molecule has 1 atom stereocenters. The van der Waals surface area contributed by atoms with E-state index in [1.165, 1.54) is 128 Å². The van der Waals surface area contributed by atoms with Gasteiger partial charge in [-0.2, -0.15) is 0 Å². The highest BCUT2D eigenvalue weighted by Crippen LogP contribution is 2.18. The number of esters is 1. The van der Waals surface area contributed by atoms with Crippen molar-refractivity contribution in [2.45, 2.75) is 219 Å². The molecular weight excluding hydrogens is 496 g/mol. The number of rotatable bonds is 33. The van der Waals surface area contributed by atoms with E-state index in [1.54, 1.807) is 0 Å². The Balaban J connectivity index is 3.49. The molecule has 238 valence electrons. The van der Waals surface area contributed by atoms with Gasteiger partial charge in [-0.1, -0.05) is 168 Å². The van der Waals surface area contributed by atoms with Gasteiger partial charge in [-0.25, -0.2) is 0 Å². The fourth-order valence-corrected chi connectivity index (χ4v) is 5.71. The summed E-state index contributed by atoms with van der Waals surface area (Å²) < 4.78 is 5.84. The van der Waals surface area contributed by atoms with Gasteiger partial charge in [0.05, 0.1) is 0 Å². The summed E-state index contributed by atoms with van der Waals surface area (Å²) in [7, 11) is 0. The first-order chi connectivity index (χ1) is 19.6. The largest absolute Gasteiger partial charge is 0.481 e. The van der Waals surface area contributed by atoms with E-state index in [0.29, 0.717) is 12.8 Å². The summed E-state index contributed by atoms with van der Waals surface area (Å²) in [5.74, 6) is -0.662. The molecule has 40 heavy (non-hydrogen) atoms. The molecule has 0 aromatic carbocycles. The van der Waals surface area contributed by atoms with Crippen LogP contribution in [0.3, 0.4) is 0 Å². The first-order valence-corrected chi connectivity index (χ1v) is 18.0. The number of carboxylic acid groups (broad SMARTS) is 1. The molecule has 0 spiro atoms. The van der Waals surface area contributed by atoms with Crippen LogP contribution in [0.2, 0.25) is 0 Å². The Bertz CT molecular complexity index is 533. The van der Waals surface area contributed by atoms with Crippen LogP contribution in [0, 0.1) is 0 Å². The Labute approximate surface area is 250 Å². The van der Waals surface area contributed by atoms with Crippen LogP contribution < -0.4 is 0 Å². The summed E-state index contributed by atoms with van der Waals surface area (Å²) >= 11 is 0. The van der Waals surface area contributed by atoms with E-state index in [9.17, 15) is 9.59 Å². The van der Waals surface area contributed by atoms with Crippen LogP contribution in [0.4, 0.5) is 0 Å². The van der Waals surface area contributed by atoms with E-state index in [4.69, 9.17) is 9.84 Å². The number of aliphatic carboxylic acids is 1. The second-order valence-corrected chi connectivity index (χ2v) is 12.4. The Kier molecular flexibility index (Phi) is 31.6.